The summed E-state index contributed by atoms with van der Waals surface area (Å²) in [6, 6.07) is 8.32. The van der Waals surface area contributed by atoms with Crippen molar-refractivity contribution in [2.75, 3.05) is 19.6 Å². The molecule has 0 saturated carbocycles. The Bertz CT molecular complexity index is 697. The molecule has 0 radical (unpaired) electrons. The molecule has 2 atom stereocenters. The van der Waals surface area contributed by atoms with Gasteiger partial charge in [-0.2, -0.15) is 0 Å². The van der Waals surface area contributed by atoms with Crippen molar-refractivity contribution < 1.29 is 9.90 Å². The van der Waals surface area contributed by atoms with Gasteiger partial charge < -0.3 is 15.7 Å². The fourth-order valence-corrected chi connectivity index (χ4v) is 3.57. The zero-order valence-electron chi connectivity index (χ0n) is 14.0. The molecule has 1 aromatic heterocycles. The Balaban J connectivity index is 1.63. The number of hydrogen-bond acceptors (Lipinski definition) is 5. The molecule has 0 aliphatic carbocycles. The number of rotatable bonds is 5. The van der Waals surface area contributed by atoms with Crippen molar-refractivity contribution in [1.29, 1.82) is 0 Å². The van der Waals surface area contributed by atoms with E-state index in [1.807, 2.05) is 0 Å². The molecule has 0 bridgehead atoms. The highest BCUT2D eigenvalue weighted by molar-refractivity contribution is 7.13. The predicted molar refractivity (Wildman–Crippen MR) is 96.3 cm³/mol. The summed E-state index contributed by atoms with van der Waals surface area (Å²) in [5, 5.41) is 18.4. The lowest BCUT2D eigenvalue weighted by atomic mass is 10.0. The third kappa shape index (κ3) is 3.83. The number of aliphatic hydroxyl groups is 1. The Morgan fingerprint density at radius 2 is 2.12 bits per heavy atom. The Kier molecular flexibility index (Phi) is 5.28. The van der Waals surface area contributed by atoms with E-state index >= 15 is 0 Å². The number of thiazole rings is 1. The summed E-state index contributed by atoms with van der Waals surface area (Å²) in [5.41, 5.74) is 2.75. The molecule has 3 N–H and O–H groups in total. The molecule has 2 aromatic rings. The summed E-state index contributed by atoms with van der Waals surface area (Å²) in [6.45, 7) is 6.11. The number of hydrogen-bond donors (Lipinski definition) is 3. The van der Waals surface area contributed by atoms with Gasteiger partial charge in [0.1, 0.15) is 10.7 Å². The first-order chi connectivity index (χ1) is 11.5. The van der Waals surface area contributed by atoms with E-state index in [0.717, 1.165) is 17.1 Å². The van der Waals surface area contributed by atoms with Gasteiger partial charge in [0.25, 0.3) is 5.91 Å². The van der Waals surface area contributed by atoms with Gasteiger partial charge in [-0.05, 0) is 11.5 Å². The lowest BCUT2D eigenvalue weighted by Crippen LogP contribution is -2.34. The van der Waals surface area contributed by atoms with Crippen molar-refractivity contribution in [2.24, 2.45) is 5.92 Å². The molecule has 128 valence electrons. The van der Waals surface area contributed by atoms with E-state index in [9.17, 15) is 9.90 Å². The van der Waals surface area contributed by atoms with Crippen LogP contribution in [0, 0.1) is 5.92 Å². The minimum absolute atomic E-state index is 0.0654. The quantitative estimate of drug-likeness (QED) is 0.777. The van der Waals surface area contributed by atoms with Gasteiger partial charge in [-0.1, -0.05) is 38.1 Å². The van der Waals surface area contributed by atoms with Crippen LogP contribution in [0.3, 0.4) is 0 Å². The van der Waals surface area contributed by atoms with E-state index in [0.29, 0.717) is 24.7 Å². The first kappa shape index (κ1) is 17.1. The Morgan fingerprint density at radius 3 is 2.75 bits per heavy atom. The minimum atomic E-state index is -0.393. The first-order valence-corrected chi connectivity index (χ1v) is 9.15. The summed E-state index contributed by atoms with van der Waals surface area (Å²) in [7, 11) is 0. The van der Waals surface area contributed by atoms with E-state index in [1.165, 1.54) is 16.9 Å². The van der Waals surface area contributed by atoms with Crippen molar-refractivity contribution in [3.05, 3.63) is 40.9 Å². The lowest BCUT2D eigenvalue weighted by Gasteiger charge is -2.13. The second kappa shape index (κ2) is 7.42. The van der Waals surface area contributed by atoms with Crippen LogP contribution in [0.1, 0.15) is 35.8 Å². The normalized spacial score (nSPS) is 20.5. The molecule has 1 amide bonds. The molecule has 1 aliphatic rings. The second-order valence-electron chi connectivity index (χ2n) is 6.51. The molecule has 1 saturated heterocycles. The molecule has 1 aliphatic heterocycles. The van der Waals surface area contributed by atoms with E-state index in [-0.39, 0.29) is 11.8 Å². The first-order valence-electron chi connectivity index (χ1n) is 8.27. The van der Waals surface area contributed by atoms with Gasteiger partial charge in [0.15, 0.2) is 0 Å². The number of carbonyl (C=O) groups excluding carboxylic acids is 1. The van der Waals surface area contributed by atoms with Crippen molar-refractivity contribution in [2.45, 2.75) is 25.9 Å². The van der Waals surface area contributed by atoms with Gasteiger partial charge in [0.2, 0.25) is 0 Å². The van der Waals surface area contributed by atoms with Gasteiger partial charge >= 0.3 is 0 Å². The number of nitrogens with one attached hydrogen (secondary N) is 2. The molecular weight excluding hydrogens is 322 g/mol. The largest absolute Gasteiger partial charge is 0.391 e. The zero-order valence-corrected chi connectivity index (χ0v) is 14.8. The molecule has 2 heterocycles. The van der Waals surface area contributed by atoms with Crippen LogP contribution in [0.15, 0.2) is 29.6 Å². The number of carbonyl (C=O) groups is 1. The molecule has 1 aromatic carbocycles. The highest BCUT2D eigenvalue weighted by Crippen LogP contribution is 2.25. The van der Waals surface area contributed by atoms with Gasteiger partial charge in [-0.25, -0.2) is 4.98 Å². The smallest absolute Gasteiger partial charge is 0.270 e. The molecule has 2 unspecified atom stereocenters. The standard InChI is InChI=1S/C18H23N3O2S/c1-11(2)12-3-5-13(6-4-12)18-21-15(10-24-18)17(23)20-8-14-7-19-9-16(14)22/h3-6,10-11,14,16,19,22H,7-9H2,1-2H3,(H,20,23). The summed E-state index contributed by atoms with van der Waals surface area (Å²) >= 11 is 1.47. The van der Waals surface area contributed by atoms with Gasteiger partial charge in [-0.3, -0.25) is 4.79 Å². The maximum atomic E-state index is 12.2. The number of β-amino-alcohol motifs (C(OH)–C–C–N with tert-alkyl or cyclic N) is 1. The highest BCUT2D eigenvalue weighted by Gasteiger charge is 2.25. The number of aliphatic hydroxyl groups excluding tert-OH is 1. The summed E-state index contributed by atoms with van der Waals surface area (Å²) in [4.78, 5) is 16.7. The van der Waals surface area contributed by atoms with Crippen molar-refractivity contribution in [3.63, 3.8) is 0 Å². The maximum absolute atomic E-state index is 12.2. The van der Waals surface area contributed by atoms with E-state index in [4.69, 9.17) is 0 Å². The van der Waals surface area contributed by atoms with E-state index in [2.05, 4.69) is 53.7 Å². The van der Waals surface area contributed by atoms with Crippen LogP contribution in [-0.4, -0.2) is 41.7 Å². The fourth-order valence-electron chi connectivity index (χ4n) is 2.76. The fraction of sp³-hybridized carbons (Fsp3) is 0.444. The number of amides is 1. The summed E-state index contributed by atoms with van der Waals surface area (Å²) in [5.74, 6) is 0.378. The van der Waals surface area contributed by atoms with Crippen molar-refractivity contribution in [1.82, 2.24) is 15.6 Å². The van der Waals surface area contributed by atoms with Crippen LogP contribution in [0.2, 0.25) is 0 Å². The predicted octanol–water partition coefficient (Wildman–Crippen LogP) is 2.24. The molecule has 5 nitrogen and oxygen atoms in total. The van der Waals surface area contributed by atoms with Crippen LogP contribution in [-0.2, 0) is 0 Å². The van der Waals surface area contributed by atoms with Crippen LogP contribution in [0.4, 0.5) is 0 Å². The van der Waals surface area contributed by atoms with Crippen LogP contribution < -0.4 is 10.6 Å². The topological polar surface area (TPSA) is 74.2 Å². The number of nitrogens with zero attached hydrogens (tertiary/aromatic N) is 1. The third-order valence-electron chi connectivity index (χ3n) is 4.39. The monoisotopic (exact) mass is 345 g/mol. The molecule has 24 heavy (non-hydrogen) atoms. The Hall–Kier alpha value is -1.76. The average Bonchev–Trinajstić information content (AvgIpc) is 3.22. The molecule has 3 rings (SSSR count). The van der Waals surface area contributed by atoms with Crippen LogP contribution in [0.5, 0.6) is 0 Å². The van der Waals surface area contributed by atoms with Crippen molar-refractivity contribution in [3.8, 4) is 10.6 Å². The highest BCUT2D eigenvalue weighted by atomic mass is 32.1. The van der Waals surface area contributed by atoms with Gasteiger partial charge in [0, 0.05) is 36.5 Å². The summed E-state index contributed by atoms with van der Waals surface area (Å²) < 4.78 is 0. The van der Waals surface area contributed by atoms with E-state index in [1.54, 1.807) is 5.38 Å². The van der Waals surface area contributed by atoms with Gasteiger partial charge in [0.05, 0.1) is 6.10 Å². The maximum Gasteiger partial charge on any atom is 0.270 e. The number of aromatic nitrogens is 1. The molecule has 6 heteroatoms. The zero-order chi connectivity index (χ0) is 17.1. The molecule has 1 fully saturated rings. The second-order valence-corrected chi connectivity index (χ2v) is 7.37. The van der Waals surface area contributed by atoms with Gasteiger partial charge in [-0.15, -0.1) is 11.3 Å². The van der Waals surface area contributed by atoms with Crippen LogP contribution in [0.25, 0.3) is 10.6 Å². The average molecular weight is 345 g/mol. The third-order valence-corrected chi connectivity index (χ3v) is 5.28. The Morgan fingerprint density at radius 1 is 1.38 bits per heavy atom. The molecule has 0 spiro atoms. The number of benzene rings is 1. The SMILES string of the molecule is CC(C)c1ccc(-c2nc(C(=O)NCC3CNCC3O)cs2)cc1. The molecular formula is C18H23N3O2S. The van der Waals surface area contributed by atoms with Crippen LogP contribution >= 0.6 is 11.3 Å². The summed E-state index contributed by atoms with van der Waals surface area (Å²) in [6.07, 6.45) is -0.393. The minimum Gasteiger partial charge on any atom is -0.391 e. The van der Waals surface area contributed by atoms with E-state index < -0.39 is 6.10 Å². The van der Waals surface area contributed by atoms with Crippen molar-refractivity contribution >= 4 is 17.2 Å². The lowest BCUT2D eigenvalue weighted by molar-refractivity contribution is 0.0923. The Labute approximate surface area is 146 Å².